The molecule has 0 unspecified atom stereocenters. The molecule has 8 aromatic carbocycles. The molecule has 0 fully saturated rings. The summed E-state index contributed by atoms with van der Waals surface area (Å²) in [5.41, 5.74) is 12.2. The first-order chi connectivity index (χ1) is 24.9. The molecule has 0 aromatic heterocycles. The number of hydrogen-bond acceptors (Lipinski definition) is 2. The van der Waals surface area contributed by atoms with Gasteiger partial charge in [-0.2, -0.15) is 0 Å². The third-order valence-corrected chi connectivity index (χ3v) is 10.8. The van der Waals surface area contributed by atoms with E-state index >= 15 is 0 Å². The summed E-state index contributed by atoms with van der Waals surface area (Å²) < 4.78 is 13.0. The van der Waals surface area contributed by atoms with Gasteiger partial charge in [0, 0.05) is 5.46 Å². The van der Waals surface area contributed by atoms with E-state index in [2.05, 4.69) is 154 Å². The lowest BCUT2D eigenvalue weighted by Crippen LogP contribution is -2.57. The van der Waals surface area contributed by atoms with Crippen molar-refractivity contribution in [2.45, 2.75) is 26.2 Å². The molecule has 0 atom stereocenters. The molecule has 2 aliphatic rings. The number of hydrogen-bond donors (Lipinski definition) is 0. The van der Waals surface area contributed by atoms with E-state index in [-0.39, 0.29) is 12.1 Å². The zero-order valence-corrected chi connectivity index (χ0v) is 28.9. The van der Waals surface area contributed by atoms with Gasteiger partial charge in [0.25, 0.3) is 6.71 Å². The molecule has 242 valence electrons. The lowest BCUT2D eigenvalue weighted by atomic mass is 9.35. The molecule has 0 bridgehead atoms. The quantitative estimate of drug-likeness (QED) is 0.139. The minimum atomic E-state index is 0.0163. The van der Waals surface area contributed by atoms with Crippen LogP contribution in [0, 0.1) is 0 Å². The number of benzene rings is 8. The minimum Gasteiger partial charge on any atom is -0.458 e. The van der Waals surface area contributed by atoms with Gasteiger partial charge in [0.1, 0.15) is 23.0 Å². The van der Waals surface area contributed by atoms with Crippen LogP contribution in [0.4, 0.5) is 0 Å². The Hall–Kier alpha value is -6.06. The molecule has 0 saturated heterocycles. The molecular weight excluding hydrogens is 619 g/mol. The highest BCUT2D eigenvalue weighted by atomic mass is 16.5. The second-order valence-electron chi connectivity index (χ2n) is 14.8. The van der Waals surface area contributed by atoms with E-state index in [1.807, 2.05) is 24.3 Å². The highest BCUT2D eigenvalue weighted by Crippen LogP contribution is 2.46. The first-order valence-corrected chi connectivity index (χ1v) is 17.8. The van der Waals surface area contributed by atoms with Crippen molar-refractivity contribution in [1.82, 2.24) is 0 Å². The maximum atomic E-state index is 6.56. The lowest BCUT2D eigenvalue weighted by molar-refractivity contribution is 0.464. The van der Waals surface area contributed by atoms with E-state index in [1.165, 1.54) is 54.9 Å². The second kappa shape index (κ2) is 11.2. The van der Waals surface area contributed by atoms with Crippen LogP contribution >= 0.6 is 0 Å². The molecule has 10 rings (SSSR count). The number of fused-ring (bicyclic) bond motifs is 6. The molecule has 2 nitrogen and oxygen atoms in total. The Kier molecular flexibility index (Phi) is 6.57. The van der Waals surface area contributed by atoms with Crippen molar-refractivity contribution in [2.24, 2.45) is 0 Å². The van der Waals surface area contributed by atoms with Crippen molar-refractivity contribution in [3.63, 3.8) is 0 Å². The van der Waals surface area contributed by atoms with Gasteiger partial charge in [-0.25, -0.2) is 0 Å². The summed E-state index contributed by atoms with van der Waals surface area (Å²) in [6.45, 7) is 6.83. The van der Waals surface area contributed by atoms with Crippen LogP contribution in [0.1, 0.15) is 26.3 Å². The van der Waals surface area contributed by atoms with Crippen LogP contribution in [-0.2, 0) is 5.41 Å². The average Bonchev–Trinajstić information content (AvgIpc) is 3.16. The Balaban J connectivity index is 1.19. The van der Waals surface area contributed by atoms with Crippen molar-refractivity contribution >= 4 is 44.6 Å². The van der Waals surface area contributed by atoms with Gasteiger partial charge in [0.2, 0.25) is 0 Å². The molecule has 0 amide bonds. The standard InChI is InChI=1S/C48H35BO2/c1-48(2,3)32-26-23-30(24-27-32)45-35-15-6-8-17-37(35)46(38-18-9-7-16-36(38)45)34-14-5-4-13-33(34)31-25-28-42-40(29-31)49-39-19-10-11-20-41(39)50-43-21-12-22-44(51-42)47(43)49/h4-29H,1-3H3. The Morgan fingerprint density at radius 2 is 0.922 bits per heavy atom. The maximum Gasteiger partial charge on any atom is 0.260 e. The first kappa shape index (κ1) is 29.8. The minimum absolute atomic E-state index is 0.0163. The van der Waals surface area contributed by atoms with Gasteiger partial charge in [-0.3, -0.25) is 0 Å². The molecule has 0 spiro atoms. The van der Waals surface area contributed by atoms with E-state index in [4.69, 9.17) is 9.47 Å². The monoisotopic (exact) mass is 654 g/mol. The molecule has 51 heavy (non-hydrogen) atoms. The summed E-state index contributed by atoms with van der Waals surface area (Å²) >= 11 is 0. The Labute approximate surface area is 299 Å². The predicted octanol–water partition coefficient (Wildman–Crippen LogP) is 11.0. The van der Waals surface area contributed by atoms with E-state index in [0.717, 1.165) is 44.9 Å². The van der Waals surface area contributed by atoms with Gasteiger partial charge in [0.05, 0.1) is 0 Å². The lowest BCUT2D eigenvalue weighted by Gasteiger charge is -2.33. The maximum absolute atomic E-state index is 6.56. The van der Waals surface area contributed by atoms with E-state index in [9.17, 15) is 0 Å². The molecule has 0 saturated carbocycles. The van der Waals surface area contributed by atoms with Crippen molar-refractivity contribution in [3.05, 3.63) is 163 Å². The number of para-hydroxylation sites is 1. The van der Waals surface area contributed by atoms with Crippen LogP contribution in [0.5, 0.6) is 23.0 Å². The van der Waals surface area contributed by atoms with Crippen LogP contribution < -0.4 is 25.9 Å². The van der Waals surface area contributed by atoms with E-state index in [0.29, 0.717) is 0 Å². The highest BCUT2D eigenvalue weighted by molar-refractivity contribution is 6.98. The summed E-state index contributed by atoms with van der Waals surface area (Å²) in [5, 5.41) is 5.01. The van der Waals surface area contributed by atoms with Gasteiger partial charge >= 0.3 is 0 Å². The van der Waals surface area contributed by atoms with Crippen LogP contribution in [-0.4, -0.2) is 6.71 Å². The normalized spacial score (nSPS) is 12.9. The zero-order chi connectivity index (χ0) is 34.3. The SMILES string of the molecule is CC(C)(C)c1ccc(-c2c3ccccc3c(-c3ccccc3-c3ccc4c(c3)B3c5ccccc5Oc5cccc(c53)O4)c3ccccc23)cc1. The van der Waals surface area contributed by atoms with Crippen LogP contribution in [0.3, 0.4) is 0 Å². The van der Waals surface area contributed by atoms with Crippen molar-refractivity contribution < 1.29 is 9.47 Å². The van der Waals surface area contributed by atoms with Gasteiger partial charge in [-0.05, 0) is 101 Å². The Morgan fingerprint density at radius 1 is 0.412 bits per heavy atom. The van der Waals surface area contributed by atoms with Crippen molar-refractivity contribution in [1.29, 1.82) is 0 Å². The predicted molar refractivity (Wildman–Crippen MR) is 214 cm³/mol. The van der Waals surface area contributed by atoms with Gasteiger partial charge < -0.3 is 9.47 Å². The third kappa shape index (κ3) is 4.65. The highest BCUT2D eigenvalue weighted by Gasteiger charge is 2.40. The molecule has 0 N–H and O–H groups in total. The van der Waals surface area contributed by atoms with Crippen LogP contribution in [0.2, 0.25) is 0 Å². The first-order valence-electron chi connectivity index (χ1n) is 17.8. The summed E-state index contributed by atoms with van der Waals surface area (Å²) in [6, 6.07) is 57.1. The average molecular weight is 655 g/mol. The summed E-state index contributed by atoms with van der Waals surface area (Å²) in [5.74, 6) is 3.51. The van der Waals surface area contributed by atoms with Crippen LogP contribution in [0.25, 0.3) is 54.9 Å². The third-order valence-electron chi connectivity index (χ3n) is 10.8. The fraction of sp³-hybridized carbons (Fsp3) is 0.0833. The molecule has 3 heteroatoms. The molecule has 8 aromatic rings. The summed E-state index contributed by atoms with van der Waals surface area (Å²) in [4.78, 5) is 0. The van der Waals surface area contributed by atoms with E-state index < -0.39 is 0 Å². The smallest absolute Gasteiger partial charge is 0.260 e. The van der Waals surface area contributed by atoms with Gasteiger partial charge in [-0.1, -0.05) is 154 Å². The van der Waals surface area contributed by atoms with Gasteiger partial charge in [0.15, 0.2) is 0 Å². The Bertz CT molecular complexity index is 2610. The molecule has 2 aliphatic heterocycles. The number of rotatable bonds is 3. The fourth-order valence-electron chi connectivity index (χ4n) is 8.37. The fourth-order valence-corrected chi connectivity index (χ4v) is 8.37. The molecular formula is C48H35BO2. The Morgan fingerprint density at radius 3 is 1.57 bits per heavy atom. The van der Waals surface area contributed by atoms with Crippen LogP contribution in [0.15, 0.2) is 158 Å². The molecule has 0 aliphatic carbocycles. The number of ether oxygens (including phenoxy) is 2. The van der Waals surface area contributed by atoms with Crippen molar-refractivity contribution in [3.8, 4) is 56.4 Å². The summed E-state index contributed by atoms with van der Waals surface area (Å²) in [6.07, 6.45) is 0. The largest absolute Gasteiger partial charge is 0.458 e. The second-order valence-corrected chi connectivity index (χ2v) is 14.8. The molecule has 2 heterocycles. The van der Waals surface area contributed by atoms with Crippen molar-refractivity contribution in [2.75, 3.05) is 0 Å². The van der Waals surface area contributed by atoms with E-state index in [1.54, 1.807) is 0 Å². The summed E-state index contributed by atoms with van der Waals surface area (Å²) in [7, 11) is 0. The van der Waals surface area contributed by atoms with Gasteiger partial charge in [-0.15, -0.1) is 0 Å². The zero-order valence-electron chi connectivity index (χ0n) is 28.9. The molecule has 0 radical (unpaired) electrons. The topological polar surface area (TPSA) is 18.5 Å².